The van der Waals surface area contributed by atoms with E-state index in [-0.39, 0.29) is 5.69 Å². The largest absolute Gasteiger partial charge is 0.476 e. The molecule has 15 heavy (non-hydrogen) atoms. The summed E-state index contributed by atoms with van der Waals surface area (Å²) in [5.41, 5.74) is 0.717. The van der Waals surface area contributed by atoms with Crippen LogP contribution in [0.2, 0.25) is 0 Å². The molecule has 0 bridgehead atoms. The lowest BCUT2D eigenvalue weighted by Gasteiger charge is -2.15. The summed E-state index contributed by atoms with van der Waals surface area (Å²) in [4.78, 5) is 14.7. The van der Waals surface area contributed by atoms with Crippen molar-refractivity contribution in [3.05, 3.63) is 24.0 Å². The molecule has 1 aliphatic rings. The number of pyridine rings is 1. The second-order valence-electron chi connectivity index (χ2n) is 3.98. The highest BCUT2D eigenvalue weighted by atomic mass is 16.4. The maximum atomic E-state index is 10.9. The first-order valence-corrected chi connectivity index (χ1v) is 5.13. The Morgan fingerprint density at radius 3 is 3.00 bits per heavy atom. The van der Waals surface area contributed by atoms with E-state index in [0.29, 0.717) is 17.6 Å². The van der Waals surface area contributed by atoms with Crippen LogP contribution in [0.5, 0.6) is 0 Å². The standard InChI is InChI=1S/C11H14N2O2/c1-7(8-4-5-8)13-9-3-2-6-12-10(9)11(14)15/h2-3,6-8,13H,4-5H2,1H3,(H,14,15). The first kappa shape index (κ1) is 9.96. The van der Waals surface area contributed by atoms with Crippen molar-refractivity contribution in [2.75, 3.05) is 5.32 Å². The Kier molecular flexibility index (Phi) is 2.58. The topological polar surface area (TPSA) is 62.2 Å². The number of aromatic carboxylic acids is 1. The Labute approximate surface area is 88.3 Å². The van der Waals surface area contributed by atoms with Crippen LogP contribution in [0.25, 0.3) is 0 Å². The third-order valence-electron chi connectivity index (χ3n) is 2.72. The second-order valence-corrected chi connectivity index (χ2v) is 3.98. The van der Waals surface area contributed by atoms with Gasteiger partial charge < -0.3 is 10.4 Å². The van der Waals surface area contributed by atoms with Gasteiger partial charge in [0.1, 0.15) is 0 Å². The molecule has 0 amide bonds. The number of rotatable bonds is 4. The van der Waals surface area contributed by atoms with E-state index >= 15 is 0 Å². The molecule has 0 radical (unpaired) electrons. The van der Waals surface area contributed by atoms with E-state index in [0.717, 1.165) is 0 Å². The maximum absolute atomic E-state index is 10.9. The Bertz CT molecular complexity index is 375. The van der Waals surface area contributed by atoms with Crippen LogP contribution in [0.15, 0.2) is 18.3 Å². The summed E-state index contributed by atoms with van der Waals surface area (Å²) in [6, 6.07) is 3.83. The molecular weight excluding hydrogens is 192 g/mol. The summed E-state index contributed by atoms with van der Waals surface area (Å²) >= 11 is 0. The molecular formula is C11H14N2O2. The zero-order valence-corrected chi connectivity index (χ0v) is 8.60. The van der Waals surface area contributed by atoms with Crippen LogP contribution >= 0.6 is 0 Å². The van der Waals surface area contributed by atoms with Gasteiger partial charge in [0.15, 0.2) is 5.69 Å². The van der Waals surface area contributed by atoms with E-state index in [2.05, 4.69) is 17.2 Å². The number of carbonyl (C=O) groups is 1. The summed E-state index contributed by atoms with van der Waals surface area (Å²) in [6.07, 6.45) is 3.96. The molecule has 0 spiro atoms. The van der Waals surface area contributed by atoms with Crippen LogP contribution in [-0.4, -0.2) is 22.1 Å². The highest BCUT2D eigenvalue weighted by molar-refractivity contribution is 5.91. The summed E-state index contributed by atoms with van der Waals surface area (Å²) in [5.74, 6) is -0.298. The summed E-state index contributed by atoms with van der Waals surface area (Å²) in [7, 11) is 0. The minimum absolute atomic E-state index is 0.102. The van der Waals surface area contributed by atoms with Crippen molar-refractivity contribution in [3.63, 3.8) is 0 Å². The predicted octanol–water partition coefficient (Wildman–Crippen LogP) is 1.99. The van der Waals surface area contributed by atoms with Crippen LogP contribution in [0.3, 0.4) is 0 Å². The van der Waals surface area contributed by atoms with Crippen molar-refractivity contribution in [2.24, 2.45) is 5.92 Å². The molecule has 1 aliphatic carbocycles. The lowest BCUT2D eigenvalue weighted by Crippen LogP contribution is -2.19. The average molecular weight is 206 g/mol. The molecule has 1 aromatic rings. The van der Waals surface area contributed by atoms with Gasteiger partial charge in [-0.05, 0) is 37.8 Å². The number of nitrogens with one attached hydrogen (secondary N) is 1. The molecule has 0 aromatic carbocycles. The maximum Gasteiger partial charge on any atom is 0.356 e. The normalized spacial score (nSPS) is 17.1. The fourth-order valence-corrected chi connectivity index (χ4v) is 1.65. The minimum Gasteiger partial charge on any atom is -0.476 e. The van der Waals surface area contributed by atoms with Gasteiger partial charge in [-0.15, -0.1) is 0 Å². The number of hydrogen-bond acceptors (Lipinski definition) is 3. The van der Waals surface area contributed by atoms with Crippen LogP contribution in [0.1, 0.15) is 30.3 Å². The van der Waals surface area contributed by atoms with Gasteiger partial charge in [0.2, 0.25) is 0 Å². The minimum atomic E-state index is -0.985. The summed E-state index contributed by atoms with van der Waals surface area (Å²) in [5, 5.41) is 12.1. The molecule has 1 heterocycles. The second kappa shape index (κ2) is 3.88. The highest BCUT2D eigenvalue weighted by Crippen LogP contribution is 2.34. The number of carboxylic acid groups (broad SMARTS) is 1. The number of carboxylic acids is 1. The third kappa shape index (κ3) is 2.26. The molecule has 1 aromatic heterocycles. The molecule has 1 unspecified atom stereocenters. The Hall–Kier alpha value is -1.58. The van der Waals surface area contributed by atoms with Gasteiger partial charge in [0, 0.05) is 12.2 Å². The van der Waals surface area contributed by atoms with Gasteiger partial charge >= 0.3 is 5.97 Å². The lowest BCUT2D eigenvalue weighted by atomic mass is 10.2. The molecule has 4 heteroatoms. The van der Waals surface area contributed by atoms with Gasteiger partial charge in [0.05, 0.1) is 5.69 Å². The van der Waals surface area contributed by atoms with Crippen molar-refractivity contribution in [2.45, 2.75) is 25.8 Å². The fraction of sp³-hybridized carbons (Fsp3) is 0.455. The third-order valence-corrected chi connectivity index (χ3v) is 2.72. The van der Waals surface area contributed by atoms with Gasteiger partial charge in [0.25, 0.3) is 0 Å². The quantitative estimate of drug-likeness (QED) is 0.790. The van der Waals surface area contributed by atoms with Gasteiger partial charge in [-0.2, -0.15) is 0 Å². The van der Waals surface area contributed by atoms with Crippen LogP contribution in [0.4, 0.5) is 5.69 Å². The van der Waals surface area contributed by atoms with Crippen LogP contribution < -0.4 is 5.32 Å². The first-order chi connectivity index (χ1) is 7.18. The Morgan fingerprint density at radius 1 is 1.67 bits per heavy atom. The van der Waals surface area contributed by atoms with E-state index in [9.17, 15) is 4.79 Å². The van der Waals surface area contributed by atoms with Crippen molar-refractivity contribution >= 4 is 11.7 Å². The zero-order valence-electron chi connectivity index (χ0n) is 8.60. The summed E-state index contributed by atoms with van der Waals surface area (Å²) in [6.45, 7) is 2.08. The fourth-order valence-electron chi connectivity index (χ4n) is 1.65. The van der Waals surface area contributed by atoms with Crippen LogP contribution in [-0.2, 0) is 0 Å². The number of nitrogens with zero attached hydrogens (tertiary/aromatic N) is 1. The number of aromatic nitrogens is 1. The van der Waals surface area contributed by atoms with Crippen molar-refractivity contribution in [3.8, 4) is 0 Å². The van der Waals surface area contributed by atoms with Crippen LogP contribution in [0, 0.1) is 5.92 Å². The Balaban J connectivity index is 2.15. The van der Waals surface area contributed by atoms with Crippen molar-refractivity contribution in [1.29, 1.82) is 0 Å². The van der Waals surface area contributed by atoms with Crippen molar-refractivity contribution < 1.29 is 9.90 Å². The molecule has 1 fully saturated rings. The Morgan fingerprint density at radius 2 is 2.40 bits per heavy atom. The lowest BCUT2D eigenvalue weighted by molar-refractivity contribution is 0.0691. The van der Waals surface area contributed by atoms with E-state index < -0.39 is 5.97 Å². The highest BCUT2D eigenvalue weighted by Gasteiger charge is 2.28. The first-order valence-electron chi connectivity index (χ1n) is 5.13. The smallest absolute Gasteiger partial charge is 0.356 e. The van der Waals surface area contributed by atoms with Crippen molar-refractivity contribution in [1.82, 2.24) is 4.98 Å². The van der Waals surface area contributed by atoms with E-state index in [1.165, 1.54) is 19.0 Å². The average Bonchev–Trinajstić information content (AvgIpc) is 3.01. The molecule has 0 saturated heterocycles. The molecule has 2 rings (SSSR count). The molecule has 1 atom stereocenters. The monoisotopic (exact) mass is 206 g/mol. The molecule has 2 N–H and O–H groups in total. The SMILES string of the molecule is CC(Nc1cccnc1C(=O)O)C1CC1. The molecule has 1 saturated carbocycles. The van der Waals surface area contributed by atoms with E-state index in [4.69, 9.17) is 5.11 Å². The molecule has 80 valence electrons. The number of anilines is 1. The zero-order chi connectivity index (χ0) is 10.8. The van der Waals surface area contributed by atoms with E-state index in [1.54, 1.807) is 12.1 Å². The van der Waals surface area contributed by atoms with Gasteiger partial charge in [-0.25, -0.2) is 9.78 Å². The molecule has 4 nitrogen and oxygen atoms in total. The van der Waals surface area contributed by atoms with Gasteiger partial charge in [-0.3, -0.25) is 0 Å². The van der Waals surface area contributed by atoms with Gasteiger partial charge in [-0.1, -0.05) is 0 Å². The summed E-state index contributed by atoms with van der Waals surface area (Å²) < 4.78 is 0. The molecule has 0 aliphatic heterocycles. The number of hydrogen-bond donors (Lipinski definition) is 2. The van der Waals surface area contributed by atoms with E-state index in [1.807, 2.05) is 0 Å². The predicted molar refractivity (Wildman–Crippen MR) is 57.0 cm³/mol.